The third kappa shape index (κ3) is 3.74. The van der Waals surface area contributed by atoms with Gasteiger partial charge in [0.2, 0.25) is 0 Å². The van der Waals surface area contributed by atoms with Gasteiger partial charge in [0.05, 0.1) is 0 Å². The lowest BCUT2D eigenvalue weighted by molar-refractivity contribution is -0.137. The number of amides is 2. The first kappa shape index (κ1) is 15.4. The second-order valence-electron chi connectivity index (χ2n) is 6.13. The van der Waals surface area contributed by atoms with E-state index in [-0.39, 0.29) is 17.9 Å². The summed E-state index contributed by atoms with van der Waals surface area (Å²) in [7, 11) is 0. The van der Waals surface area contributed by atoms with Crippen molar-refractivity contribution in [2.24, 2.45) is 0 Å². The number of fused-ring (bicyclic) bond motifs is 1. The van der Waals surface area contributed by atoms with Gasteiger partial charge in [-0.3, -0.25) is 4.79 Å². The number of hydrogen-bond donors (Lipinski definition) is 2. The number of carboxylic acid groups (broad SMARTS) is 1. The van der Waals surface area contributed by atoms with E-state index in [0.29, 0.717) is 26.1 Å². The molecule has 0 aliphatic carbocycles. The zero-order valence-corrected chi connectivity index (χ0v) is 12.6. The van der Waals surface area contributed by atoms with Crippen LogP contribution in [0, 0.1) is 0 Å². The highest BCUT2D eigenvalue weighted by Crippen LogP contribution is 2.32. The Kier molecular flexibility index (Phi) is 4.50. The summed E-state index contributed by atoms with van der Waals surface area (Å²) in [6.07, 6.45) is 0.531. The number of carbonyl (C=O) groups is 2. The molecule has 0 saturated carbocycles. The molecular weight excluding hydrogens is 268 g/mol. The molecule has 1 aromatic carbocycles. The van der Waals surface area contributed by atoms with Crippen molar-refractivity contribution in [3.05, 3.63) is 35.4 Å². The predicted molar refractivity (Wildman–Crippen MR) is 80.1 cm³/mol. The monoisotopic (exact) mass is 290 g/mol. The van der Waals surface area contributed by atoms with Crippen LogP contribution in [0.5, 0.6) is 0 Å². The molecule has 5 nitrogen and oxygen atoms in total. The Morgan fingerprint density at radius 3 is 2.76 bits per heavy atom. The highest BCUT2D eigenvalue weighted by Gasteiger charge is 2.33. The van der Waals surface area contributed by atoms with Crippen LogP contribution in [0.3, 0.4) is 0 Å². The zero-order chi connectivity index (χ0) is 15.5. The van der Waals surface area contributed by atoms with Crippen molar-refractivity contribution in [2.45, 2.75) is 38.6 Å². The molecule has 2 rings (SSSR count). The molecule has 0 aromatic heterocycles. The summed E-state index contributed by atoms with van der Waals surface area (Å²) in [5, 5.41) is 11.4. The van der Waals surface area contributed by atoms with Gasteiger partial charge in [0, 0.05) is 31.5 Å². The maximum absolute atomic E-state index is 12.2. The first-order valence-electron chi connectivity index (χ1n) is 7.23. The van der Waals surface area contributed by atoms with Crippen LogP contribution in [0.4, 0.5) is 4.79 Å². The Bertz CT molecular complexity index is 540. The SMILES string of the molecule is CC1(C)CN(C(=O)NCCCC(=O)O)Cc2ccccc21. The number of carbonyl (C=O) groups excluding carboxylic acids is 1. The maximum Gasteiger partial charge on any atom is 0.317 e. The van der Waals surface area contributed by atoms with Crippen LogP contribution < -0.4 is 5.32 Å². The van der Waals surface area contributed by atoms with Crippen molar-refractivity contribution in [3.63, 3.8) is 0 Å². The fourth-order valence-electron chi connectivity index (χ4n) is 2.83. The van der Waals surface area contributed by atoms with E-state index in [1.54, 1.807) is 4.90 Å². The van der Waals surface area contributed by atoms with Crippen molar-refractivity contribution in [3.8, 4) is 0 Å². The molecule has 0 atom stereocenters. The highest BCUT2D eigenvalue weighted by atomic mass is 16.4. The molecule has 1 aliphatic heterocycles. The van der Waals surface area contributed by atoms with Crippen molar-refractivity contribution >= 4 is 12.0 Å². The van der Waals surface area contributed by atoms with Crippen molar-refractivity contribution in [2.75, 3.05) is 13.1 Å². The number of aliphatic carboxylic acids is 1. The number of rotatable bonds is 4. The summed E-state index contributed by atoms with van der Waals surface area (Å²) in [6, 6.07) is 8.08. The van der Waals surface area contributed by atoms with Crippen LogP contribution in [-0.4, -0.2) is 35.1 Å². The van der Waals surface area contributed by atoms with Gasteiger partial charge in [-0.2, -0.15) is 0 Å². The Balaban J connectivity index is 1.97. The van der Waals surface area contributed by atoms with Crippen LogP contribution in [0.15, 0.2) is 24.3 Å². The first-order valence-corrected chi connectivity index (χ1v) is 7.23. The van der Waals surface area contributed by atoms with Gasteiger partial charge in [0.25, 0.3) is 0 Å². The van der Waals surface area contributed by atoms with E-state index in [0.717, 1.165) is 0 Å². The van der Waals surface area contributed by atoms with E-state index in [1.165, 1.54) is 11.1 Å². The highest BCUT2D eigenvalue weighted by molar-refractivity contribution is 5.75. The minimum Gasteiger partial charge on any atom is -0.481 e. The fraction of sp³-hybridized carbons (Fsp3) is 0.500. The van der Waals surface area contributed by atoms with E-state index in [2.05, 4.69) is 31.3 Å². The molecule has 0 radical (unpaired) electrons. The second kappa shape index (κ2) is 6.16. The number of nitrogens with zero attached hydrogens (tertiary/aromatic N) is 1. The van der Waals surface area contributed by atoms with Crippen molar-refractivity contribution in [1.29, 1.82) is 0 Å². The molecule has 0 spiro atoms. The van der Waals surface area contributed by atoms with E-state index in [1.807, 2.05) is 12.1 Å². The van der Waals surface area contributed by atoms with E-state index in [9.17, 15) is 9.59 Å². The average molecular weight is 290 g/mol. The third-order valence-corrected chi connectivity index (χ3v) is 3.82. The topological polar surface area (TPSA) is 69.6 Å². The van der Waals surface area contributed by atoms with Crippen molar-refractivity contribution in [1.82, 2.24) is 10.2 Å². The normalized spacial score (nSPS) is 16.2. The average Bonchev–Trinajstić information content (AvgIpc) is 2.42. The van der Waals surface area contributed by atoms with Crippen LogP contribution in [0.2, 0.25) is 0 Å². The van der Waals surface area contributed by atoms with E-state index < -0.39 is 5.97 Å². The van der Waals surface area contributed by atoms with Gasteiger partial charge in [0.15, 0.2) is 0 Å². The van der Waals surface area contributed by atoms with Crippen LogP contribution in [0.25, 0.3) is 0 Å². The number of urea groups is 1. The Hall–Kier alpha value is -2.04. The molecule has 1 aromatic rings. The molecule has 114 valence electrons. The molecule has 0 saturated heterocycles. The van der Waals surface area contributed by atoms with Crippen LogP contribution in [0.1, 0.15) is 37.8 Å². The summed E-state index contributed by atoms with van der Waals surface area (Å²) in [5.74, 6) is -0.836. The number of benzene rings is 1. The molecule has 0 unspecified atom stereocenters. The van der Waals surface area contributed by atoms with Gasteiger partial charge >= 0.3 is 12.0 Å². The standard InChI is InChI=1S/C16H22N2O3/c1-16(2)11-18(10-12-6-3-4-7-13(12)16)15(21)17-9-5-8-14(19)20/h3-4,6-7H,5,8-11H2,1-2H3,(H,17,21)(H,19,20). The van der Waals surface area contributed by atoms with Crippen LogP contribution >= 0.6 is 0 Å². The molecular formula is C16H22N2O3. The Morgan fingerprint density at radius 2 is 2.05 bits per heavy atom. The molecule has 2 N–H and O–H groups in total. The summed E-state index contributed by atoms with van der Waals surface area (Å²) < 4.78 is 0. The summed E-state index contributed by atoms with van der Waals surface area (Å²) in [5.41, 5.74) is 2.39. The van der Waals surface area contributed by atoms with Crippen LogP contribution in [-0.2, 0) is 16.8 Å². The lowest BCUT2D eigenvalue weighted by atomic mass is 9.78. The zero-order valence-electron chi connectivity index (χ0n) is 12.6. The van der Waals surface area contributed by atoms with Gasteiger partial charge in [-0.25, -0.2) is 4.79 Å². The van der Waals surface area contributed by atoms with E-state index >= 15 is 0 Å². The lowest BCUT2D eigenvalue weighted by Gasteiger charge is -2.39. The molecule has 1 heterocycles. The smallest absolute Gasteiger partial charge is 0.317 e. The Morgan fingerprint density at radius 1 is 1.33 bits per heavy atom. The maximum atomic E-state index is 12.2. The molecule has 21 heavy (non-hydrogen) atoms. The molecule has 2 amide bonds. The molecule has 1 aliphatic rings. The second-order valence-corrected chi connectivity index (χ2v) is 6.13. The molecule has 0 bridgehead atoms. The van der Waals surface area contributed by atoms with E-state index in [4.69, 9.17) is 5.11 Å². The summed E-state index contributed by atoms with van der Waals surface area (Å²) >= 11 is 0. The van der Waals surface area contributed by atoms with Crippen molar-refractivity contribution < 1.29 is 14.7 Å². The predicted octanol–water partition coefficient (Wildman–Crippen LogP) is 2.35. The summed E-state index contributed by atoms with van der Waals surface area (Å²) in [4.78, 5) is 24.4. The molecule has 0 fully saturated rings. The number of nitrogens with one attached hydrogen (secondary N) is 1. The van der Waals surface area contributed by atoms with Gasteiger partial charge in [0.1, 0.15) is 0 Å². The minimum absolute atomic E-state index is 0.0761. The number of carboxylic acids is 1. The lowest BCUT2D eigenvalue weighted by Crippen LogP contribution is -2.49. The Labute approximate surface area is 125 Å². The summed E-state index contributed by atoms with van der Waals surface area (Å²) in [6.45, 7) is 5.92. The van der Waals surface area contributed by atoms with Gasteiger partial charge in [-0.15, -0.1) is 0 Å². The number of hydrogen-bond acceptors (Lipinski definition) is 2. The molecule has 5 heteroatoms. The first-order chi connectivity index (χ1) is 9.90. The van der Waals surface area contributed by atoms with Gasteiger partial charge in [-0.1, -0.05) is 38.1 Å². The van der Waals surface area contributed by atoms with Gasteiger partial charge < -0.3 is 15.3 Å². The minimum atomic E-state index is -0.836. The van der Waals surface area contributed by atoms with Gasteiger partial charge in [-0.05, 0) is 17.5 Å². The largest absolute Gasteiger partial charge is 0.481 e. The quantitative estimate of drug-likeness (QED) is 0.836. The fourth-order valence-corrected chi connectivity index (χ4v) is 2.83. The third-order valence-electron chi connectivity index (χ3n) is 3.82.